The normalized spacial score (nSPS) is 16.5. The number of carboxylic acid groups (broad SMARTS) is 1. The lowest BCUT2D eigenvalue weighted by molar-refractivity contribution is -0.148. The molecule has 1 amide bonds. The van der Waals surface area contributed by atoms with E-state index in [1.54, 1.807) is 19.1 Å². The Kier molecular flexibility index (Phi) is 3.57. The van der Waals surface area contributed by atoms with Crippen molar-refractivity contribution in [3.05, 3.63) is 29.3 Å². The SMILES string of the molecule is COC1(C(=O)Nc2ccc(C(=O)O)c(C)c2)CCC1. The van der Waals surface area contributed by atoms with Crippen molar-refractivity contribution in [3.8, 4) is 0 Å². The summed E-state index contributed by atoms with van der Waals surface area (Å²) in [7, 11) is 1.54. The molecule has 1 saturated carbocycles. The van der Waals surface area contributed by atoms with E-state index >= 15 is 0 Å². The van der Waals surface area contributed by atoms with Crippen LogP contribution in [0.15, 0.2) is 18.2 Å². The fourth-order valence-electron chi connectivity index (χ4n) is 2.25. The van der Waals surface area contributed by atoms with Crippen molar-refractivity contribution in [2.45, 2.75) is 31.8 Å². The van der Waals surface area contributed by atoms with Gasteiger partial charge >= 0.3 is 5.97 Å². The summed E-state index contributed by atoms with van der Waals surface area (Å²) in [5.74, 6) is -1.13. The number of hydrogen-bond donors (Lipinski definition) is 2. The first kappa shape index (κ1) is 13.5. The molecule has 5 nitrogen and oxygen atoms in total. The molecule has 0 atom stereocenters. The molecule has 0 aromatic heterocycles. The summed E-state index contributed by atoms with van der Waals surface area (Å²) < 4.78 is 5.29. The maximum Gasteiger partial charge on any atom is 0.335 e. The molecule has 0 aliphatic heterocycles. The highest BCUT2D eigenvalue weighted by molar-refractivity contribution is 5.98. The number of amides is 1. The monoisotopic (exact) mass is 263 g/mol. The van der Waals surface area contributed by atoms with Crippen LogP contribution in [-0.2, 0) is 9.53 Å². The van der Waals surface area contributed by atoms with Gasteiger partial charge in [0.05, 0.1) is 5.56 Å². The minimum absolute atomic E-state index is 0.163. The highest BCUT2D eigenvalue weighted by atomic mass is 16.5. The standard InChI is InChI=1S/C14H17NO4/c1-9-8-10(4-5-11(9)12(16)17)15-13(18)14(19-2)6-3-7-14/h4-5,8H,3,6-7H2,1-2H3,(H,15,18)(H,16,17). The highest BCUT2D eigenvalue weighted by Gasteiger charge is 2.44. The van der Waals surface area contributed by atoms with Gasteiger partial charge in [-0.15, -0.1) is 0 Å². The van der Waals surface area contributed by atoms with E-state index in [-0.39, 0.29) is 11.5 Å². The molecule has 1 aliphatic carbocycles. The van der Waals surface area contributed by atoms with Crippen LogP contribution in [0, 0.1) is 6.92 Å². The Morgan fingerprint density at radius 2 is 2.05 bits per heavy atom. The fraction of sp³-hybridized carbons (Fsp3) is 0.429. The topological polar surface area (TPSA) is 75.6 Å². The first-order valence-electron chi connectivity index (χ1n) is 6.19. The number of anilines is 1. The van der Waals surface area contributed by atoms with Crippen molar-refractivity contribution in [1.29, 1.82) is 0 Å². The van der Waals surface area contributed by atoms with Crippen molar-refractivity contribution < 1.29 is 19.4 Å². The quantitative estimate of drug-likeness (QED) is 0.873. The lowest BCUT2D eigenvalue weighted by atomic mass is 9.79. The zero-order chi connectivity index (χ0) is 14.0. The van der Waals surface area contributed by atoms with Crippen LogP contribution >= 0.6 is 0 Å². The Bertz CT molecular complexity index is 515. The lowest BCUT2D eigenvalue weighted by Gasteiger charge is -2.38. The predicted octanol–water partition coefficient (Wildman–Crippen LogP) is 2.20. The van der Waals surface area contributed by atoms with Gasteiger partial charge in [0.1, 0.15) is 5.60 Å². The summed E-state index contributed by atoms with van der Waals surface area (Å²) in [6.07, 6.45) is 2.43. The summed E-state index contributed by atoms with van der Waals surface area (Å²) in [5, 5.41) is 11.7. The summed E-state index contributed by atoms with van der Waals surface area (Å²) in [5.41, 5.74) is 0.739. The third-order valence-electron chi connectivity index (χ3n) is 3.68. The summed E-state index contributed by atoms with van der Waals surface area (Å²) in [6, 6.07) is 4.74. The fourth-order valence-corrected chi connectivity index (χ4v) is 2.25. The average Bonchev–Trinajstić information content (AvgIpc) is 2.27. The van der Waals surface area contributed by atoms with Crippen molar-refractivity contribution in [2.24, 2.45) is 0 Å². The number of benzene rings is 1. The van der Waals surface area contributed by atoms with Crippen molar-refractivity contribution in [2.75, 3.05) is 12.4 Å². The molecule has 0 spiro atoms. The summed E-state index contributed by atoms with van der Waals surface area (Å²) in [6.45, 7) is 1.70. The predicted molar refractivity (Wildman–Crippen MR) is 70.4 cm³/mol. The van der Waals surface area contributed by atoms with E-state index < -0.39 is 11.6 Å². The Morgan fingerprint density at radius 3 is 2.47 bits per heavy atom. The van der Waals surface area contributed by atoms with Gasteiger partial charge in [-0.1, -0.05) is 0 Å². The molecule has 0 bridgehead atoms. The van der Waals surface area contributed by atoms with Crippen LogP contribution < -0.4 is 5.32 Å². The molecule has 1 aromatic rings. The van der Waals surface area contributed by atoms with Gasteiger partial charge < -0.3 is 15.2 Å². The van der Waals surface area contributed by atoms with Gasteiger partial charge in [-0.2, -0.15) is 0 Å². The summed E-state index contributed by atoms with van der Waals surface area (Å²) >= 11 is 0. The van der Waals surface area contributed by atoms with E-state index in [9.17, 15) is 9.59 Å². The molecule has 5 heteroatoms. The molecule has 0 heterocycles. The number of nitrogens with one attached hydrogen (secondary N) is 1. The van der Waals surface area contributed by atoms with E-state index in [4.69, 9.17) is 9.84 Å². The number of methoxy groups -OCH3 is 1. The number of ether oxygens (including phenoxy) is 1. The van der Waals surface area contributed by atoms with Crippen molar-refractivity contribution in [1.82, 2.24) is 0 Å². The van der Waals surface area contributed by atoms with Gasteiger partial charge in [-0.05, 0) is 49.9 Å². The molecule has 2 N–H and O–H groups in total. The Morgan fingerprint density at radius 1 is 1.37 bits per heavy atom. The van der Waals surface area contributed by atoms with Crippen LogP contribution in [0.4, 0.5) is 5.69 Å². The van der Waals surface area contributed by atoms with Crippen LogP contribution in [0.2, 0.25) is 0 Å². The molecule has 0 saturated heterocycles. The number of rotatable bonds is 4. The number of hydrogen-bond acceptors (Lipinski definition) is 3. The molecule has 1 fully saturated rings. The van der Waals surface area contributed by atoms with Gasteiger partial charge in [-0.3, -0.25) is 4.79 Å². The number of aromatic carboxylic acids is 1. The van der Waals surface area contributed by atoms with Crippen LogP contribution in [0.3, 0.4) is 0 Å². The number of carboxylic acids is 1. The maximum atomic E-state index is 12.1. The van der Waals surface area contributed by atoms with E-state index in [1.165, 1.54) is 13.2 Å². The molecular weight excluding hydrogens is 246 g/mol. The van der Waals surface area contributed by atoms with Crippen molar-refractivity contribution >= 4 is 17.6 Å². The molecular formula is C14H17NO4. The molecule has 1 aromatic carbocycles. The van der Waals surface area contributed by atoms with Crippen LogP contribution in [-0.4, -0.2) is 29.7 Å². The second-order valence-electron chi connectivity index (χ2n) is 4.84. The molecule has 102 valence electrons. The minimum Gasteiger partial charge on any atom is -0.478 e. The molecule has 2 rings (SSSR count). The molecule has 19 heavy (non-hydrogen) atoms. The van der Waals surface area contributed by atoms with Crippen LogP contribution in [0.5, 0.6) is 0 Å². The number of aryl methyl sites for hydroxylation is 1. The maximum absolute atomic E-state index is 12.1. The number of carbonyl (C=O) groups is 2. The van der Waals surface area contributed by atoms with Crippen LogP contribution in [0.1, 0.15) is 35.2 Å². The van der Waals surface area contributed by atoms with E-state index in [0.717, 1.165) is 19.3 Å². The van der Waals surface area contributed by atoms with Crippen molar-refractivity contribution in [3.63, 3.8) is 0 Å². The molecule has 0 radical (unpaired) electrons. The zero-order valence-electron chi connectivity index (χ0n) is 11.0. The Balaban J connectivity index is 2.14. The number of carbonyl (C=O) groups excluding carboxylic acids is 1. The lowest BCUT2D eigenvalue weighted by Crippen LogP contribution is -2.50. The Hall–Kier alpha value is -1.88. The first-order valence-corrected chi connectivity index (χ1v) is 6.19. The molecule has 1 aliphatic rings. The van der Waals surface area contributed by atoms with E-state index in [2.05, 4.69) is 5.32 Å². The second-order valence-corrected chi connectivity index (χ2v) is 4.84. The largest absolute Gasteiger partial charge is 0.478 e. The molecule has 0 unspecified atom stereocenters. The Labute approximate surface area is 111 Å². The van der Waals surface area contributed by atoms with Gasteiger partial charge in [0.2, 0.25) is 0 Å². The summed E-state index contributed by atoms with van der Waals surface area (Å²) in [4.78, 5) is 23.0. The van der Waals surface area contributed by atoms with Gasteiger partial charge in [0.25, 0.3) is 5.91 Å². The van der Waals surface area contributed by atoms with Gasteiger partial charge in [-0.25, -0.2) is 4.79 Å². The first-order chi connectivity index (χ1) is 8.98. The van der Waals surface area contributed by atoms with Crippen LogP contribution in [0.25, 0.3) is 0 Å². The smallest absolute Gasteiger partial charge is 0.335 e. The zero-order valence-corrected chi connectivity index (χ0v) is 11.0. The average molecular weight is 263 g/mol. The van der Waals surface area contributed by atoms with E-state index in [1.807, 2.05) is 0 Å². The van der Waals surface area contributed by atoms with Gasteiger partial charge in [0.15, 0.2) is 0 Å². The van der Waals surface area contributed by atoms with E-state index in [0.29, 0.717) is 11.3 Å². The highest BCUT2D eigenvalue weighted by Crippen LogP contribution is 2.36. The minimum atomic E-state index is -0.970. The second kappa shape index (κ2) is 5.01. The third-order valence-corrected chi connectivity index (χ3v) is 3.68. The van der Waals surface area contributed by atoms with Gasteiger partial charge in [0, 0.05) is 12.8 Å². The third kappa shape index (κ3) is 2.46.